The summed E-state index contributed by atoms with van der Waals surface area (Å²) >= 11 is 0. The van der Waals surface area contributed by atoms with E-state index in [2.05, 4.69) is 83.1 Å². The molecule has 0 spiro atoms. The van der Waals surface area contributed by atoms with E-state index in [1.807, 2.05) is 0 Å². The highest BCUT2D eigenvalue weighted by Crippen LogP contribution is 2.46. The molecule has 0 aromatic carbocycles. The molecule has 0 heterocycles. The molecule has 4 nitrogen and oxygen atoms in total. The van der Waals surface area contributed by atoms with Gasteiger partial charge in [0, 0.05) is 12.2 Å². The lowest BCUT2D eigenvalue weighted by atomic mass is 10.3. The van der Waals surface area contributed by atoms with Crippen LogP contribution in [0.2, 0.25) is 45.3 Å². The summed E-state index contributed by atoms with van der Waals surface area (Å²) < 4.78 is 10.6. The topological polar surface area (TPSA) is 52.6 Å². The third-order valence-electron chi connectivity index (χ3n) is 9.80. The highest BCUT2D eigenvalue weighted by Gasteiger charge is 2.42. The van der Waals surface area contributed by atoms with E-state index in [0.29, 0.717) is 13.2 Å². The van der Waals surface area contributed by atoms with Crippen molar-refractivity contribution < 1.29 is 19.1 Å². The van der Waals surface area contributed by atoms with E-state index in [9.17, 15) is 9.59 Å². The lowest BCUT2D eigenvalue weighted by Gasteiger charge is -2.43. The first-order valence-electron chi connectivity index (χ1n) is 15.7. The Morgan fingerprint density at radius 2 is 0.737 bits per heavy atom. The van der Waals surface area contributed by atoms with Crippen LogP contribution in [0.15, 0.2) is 12.2 Å². The Bertz CT molecular complexity index is 594. The molecule has 0 amide bonds. The minimum Gasteiger partial charge on any atom is -0.463 e. The second-order valence-corrected chi connectivity index (χ2v) is 25.8. The number of hydrogen-bond acceptors (Lipinski definition) is 4. The Kier molecular flexibility index (Phi) is 18.0. The molecule has 0 aromatic heterocycles. The van der Waals surface area contributed by atoms with Gasteiger partial charge in [0.1, 0.15) is 0 Å². The van der Waals surface area contributed by atoms with Crippen molar-refractivity contribution in [1.82, 2.24) is 0 Å². The first-order valence-corrected chi connectivity index (χ1v) is 20.6. The summed E-state index contributed by atoms with van der Waals surface area (Å²) in [5.74, 6) is -0.927. The molecule has 224 valence electrons. The Morgan fingerprint density at radius 1 is 0.474 bits per heavy atom. The molecule has 38 heavy (non-hydrogen) atoms. The van der Waals surface area contributed by atoms with Crippen LogP contribution in [0.5, 0.6) is 0 Å². The number of rotatable bonds is 20. The summed E-state index contributed by atoms with van der Waals surface area (Å²) in [7, 11) is -2.69. The van der Waals surface area contributed by atoms with E-state index in [-0.39, 0.29) is 0 Å². The highest BCUT2D eigenvalue weighted by atomic mass is 28.3. The van der Waals surface area contributed by atoms with Gasteiger partial charge >= 0.3 is 11.9 Å². The van der Waals surface area contributed by atoms with Crippen LogP contribution in [0.25, 0.3) is 0 Å². The normalized spacial score (nSPS) is 13.2. The van der Waals surface area contributed by atoms with Crippen LogP contribution in [0.3, 0.4) is 0 Å². The van der Waals surface area contributed by atoms with Gasteiger partial charge in [-0.25, -0.2) is 9.59 Å². The average Bonchev–Trinajstić information content (AvgIpc) is 2.80. The summed E-state index contributed by atoms with van der Waals surface area (Å²) in [6.45, 7) is 29.7. The smallest absolute Gasteiger partial charge is 0.331 e. The molecule has 0 N–H and O–H groups in total. The molecule has 0 bridgehead atoms. The van der Waals surface area contributed by atoms with Crippen LogP contribution in [0.4, 0.5) is 0 Å². The number of ether oxygens (including phenoxy) is 2. The van der Waals surface area contributed by atoms with Gasteiger partial charge < -0.3 is 9.47 Å². The molecular weight excluding hydrogens is 505 g/mol. The third kappa shape index (κ3) is 11.3. The average molecular weight is 569 g/mol. The molecular formula is C32H64O4Si2. The monoisotopic (exact) mass is 568 g/mol. The minimum absolute atomic E-state index is 0.408. The maximum absolute atomic E-state index is 12.0. The van der Waals surface area contributed by atoms with Gasteiger partial charge in [-0.1, -0.05) is 154 Å². The van der Waals surface area contributed by atoms with Gasteiger partial charge in [-0.05, 0) is 12.8 Å². The highest BCUT2D eigenvalue weighted by molar-refractivity contribution is 6.84. The maximum Gasteiger partial charge on any atom is 0.331 e. The number of carbonyl (C=O) groups excluding carboxylic acids is 2. The van der Waals surface area contributed by atoms with Crippen molar-refractivity contribution in [2.45, 2.75) is 167 Å². The van der Waals surface area contributed by atoms with Crippen molar-refractivity contribution in [3.05, 3.63) is 12.2 Å². The van der Waals surface area contributed by atoms with Gasteiger partial charge in [0.25, 0.3) is 0 Å². The van der Waals surface area contributed by atoms with Crippen molar-refractivity contribution in [2.24, 2.45) is 0 Å². The summed E-state index contributed by atoms with van der Waals surface area (Å²) in [6, 6.07) is 2.69. The number of unbranched alkanes of at least 4 members (excludes halogenated alkanes) is 4. The molecule has 0 saturated heterocycles. The fraction of sp³-hybridized carbons (Fsp3) is 0.875. The van der Waals surface area contributed by atoms with Crippen molar-refractivity contribution in [3.8, 4) is 0 Å². The second-order valence-electron chi connectivity index (χ2n) is 13.4. The molecule has 0 aromatic rings. The molecule has 0 saturated carbocycles. The van der Waals surface area contributed by atoms with Gasteiger partial charge in [0.2, 0.25) is 0 Å². The Hall–Kier alpha value is -0.886. The zero-order valence-corrected chi connectivity index (χ0v) is 29.3. The standard InChI is InChI=1S/C32H64O4Si2/c1-25(2)37(26(3)4,27(5)6)23-17-13-15-21-35-31(33)19-20-32(34)36-22-16-14-18-24-38(28(7)8,29(9)10)30(11)12/h19-20,25-30H,13-18,21-24H2,1-12H3/b20-19-. The summed E-state index contributed by atoms with van der Waals surface area (Å²) in [6.07, 6.45) is 8.71. The van der Waals surface area contributed by atoms with Gasteiger partial charge in [0.15, 0.2) is 0 Å². The first kappa shape index (κ1) is 37.1. The molecule has 0 atom stereocenters. The fourth-order valence-electron chi connectivity index (χ4n) is 7.73. The van der Waals surface area contributed by atoms with Gasteiger partial charge in [-0.15, -0.1) is 0 Å². The van der Waals surface area contributed by atoms with Crippen molar-refractivity contribution >= 4 is 28.1 Å². The largest absolute Gasteiger partial charge is 0.463 e. The van der Waals surface area contributed by atoms with E-state index in [1.54, 1.807) is 0 Å². The fourth-order valence-corrected chi connectivity index (χ4v) is 20.9. The predicted molar refractivity (Wildman–Crippen MR) is 170 cm³/mol. The molecule has 0 unspecified atom stereocenters. The summed E-state index contributed by atoms with van der Waals surface area (Å²) in [4.78, 5) is 24.0. The number of hydrogen-bond donors (Lipinski definition) is 0. The lowest BCUT2D eigenvalue weighted by molar-refractivity contribution is -0.140. The van der Waals surface area contributed by atoms with Crippen molar-refractivity contribution in [2.75, 3.05) is 13.2 Å². The zero-order chi connectivity index (χ0) is 29.5. The van der Waals surface area contributed by atoms with Crippen LogP contribution >= 0.6 is 0 Å². The Morgan fingerprint density at radius 3 is 0.974 bits per heavy atom. The van der Waals surface area contributed by atoms with E-state index in [0.717, 1.165) is 58.9 Å². The molecule has 0 aliphatic carbocycles. The van der Waals surface area contributed by atoms with Crippen LogP contribution in [-0.4, -0.2) is 41.3 Å². The van der Waals surface area contributed by atoms with Gasteiger partial charge in [-0.3, -0.25) is 0 Å². The van der Waals surface area contributed by atoms with E-state index in [4.69, 9.17) is 9.47 Å². The second kappa shape index (κ2) is 18.5. The predicted octanol–water partition coefficient (Wildman–Crippen LogP) is 10.3. The van der Waals surface area contributed by atoms with Gasteiger partial charge in [0.05, 0.1) is 29.4 Å². The Labute approximate surface area is 239 Å². The molecule has 6 heteroatoms. The van der Waals surface area contributed by atoms with Gasteiger partial charge in [-0.2, -0.15) is 0 Å². The molecule has 0 radical (unpaired) electrons. The summed E-state index contributed by atoms with van der Waals surface area (Å²) in [5.41, 5.74) is 4.70. The van der Waals surface area contributed by atoms with E-state index in [1.165, 1.54) is 37.1 Å². The molecule has 0 aliphatic rings. The van der Waals surface area contributed by atoms with Crippen LogP contribution in [0, 0.1) is 0 Å². The molecule has 0 rings (SSSR count). The van der Waals surface area contributed by atoms with Crippen LogP contribution in [-0.2, 0) is 19.1 Å². The quantitative estimate of drug-likeness (QED) is 0.0634. The maximum atomic E-state index is 12.0. The minimum atomic E-state index is -1.34. The van der Waals surface area contributed by atoms with Crippen LogP contribution in [0.1, 0.15) is 122 Å². The Balaban J connectivity index is 4.22. The van der Waals surface area contributed by atoms with Crippen molar-refractivity contribution in [1.29, 1.82) is 0 Å². The summed E-state index contributed by atoms with van der Waals surface area (Å²) in [5, 5.41) is 0. The third-order valence-corrected chi connectivity index (χ3v) is 25.1. The van der Waals surface area contributed by atoms with E-state index < -0.39 is 28.1 Å². The van der Waals surface area contributed by atoms with E-state index >= 15 is 0 Å². The van der Waals surface area contributed by atoms with Crippen molar-refractivity contribution in [3.63, 3.8) is 0 Å². The van der Waals surface area contributed by atoms with Crippen LogP contribution < -0.4 is 0 Å². The molecule has 0 fully saturated rings. The first-order chi connectivity index (χ1) is 17.7. The number of carbonyl (C=O) groups is 2. The zero-order valence-electron chi connectivity index (χ0n) is 27.3. The number of esters is 2. The lowest BCUT2D eigenvalue weighted by Crippen LogP contribution is -2.44. The molecule has 0 aliphatic heterocycles. The SMILES string of the molecule is CC(C)[Si](CCCCCOC(=O)/C=C\C(=O)OCCCCC[Si](C(C)C)(C(C)C)C(C)C)(C(C)C)C(C)C.